The van der Waals surface area contributed by atoms with Crippen molar-refractivity contribution >= 4 is 27.6 Å². The van der Waals surface area contributed by atoms with Crippen molar-refractivity contribution in [2.45, 2.75) is 46.3 Å². The summed E-state index contributed by atoms with van der Waals surface area (Å²) in [5, 5.41) is 0.192. The van der Waals surface area contributed by atoms with Gasteiger partial charge in [0.1, 0.15) is 17.2 Å². The maximum Gasteiger partial charge on any atom is 0.261 e. The van der Waals surface area contributed by atoms with E-state index in [4.69, 9.17) is 5.73 Å². The third kappa shape index (κ3) is 3.45. The number of nitrogen functional groups attached to an aromatic ring is 1. The van der Waals surface area contributed by atoms with Crippen molar-refractivity contribution in [1.29, 1.82) is 0 Å². The van der Waals surface area contributed by atoms with Crippen molar-refractivity contribution in [1.82, 2.24) is 19.9 Å². The van der Waals surface area contributed by atoms with Gasteiger partial charge in [0, 0.05) is 18.6 Å². The number of pyridine rings is 1. The van der Waals surface area contributed by atoms with E-state index in [9.17, 15) is 9.18 Å². The van der Waals surface area contributed by atoms with E-state index in [1.165, 1.54) is 12.1 Å². The number of hydrogen-bond donors (Lipinski definition) is 3. The third-order valence-corrected chi connectivity index (χ3v) is 5.50. The highest BCUT2D eigenvalue weighted by Crippen LogP contribution is 2.30. The first kappa shape index (κ1) is 20.1. The molecule has 2 aromatic heterocycles. The van der Waals surface area contributed by atoms with Gasteiger partial charge in [0.05, 0.1) is 27.6 Å². The Morgan fingerprint density at radius 3 is 2.50 bits per heavy atom. The van der Waals surface area contributed by atoms with Gasteiger partial charge in [-0.05, 0) is 57.5 Å². The van der Waals surface area contributed by atoms with Crippen LogP contribution in [0.3, 0.4) is 0 Å². The zero-order chi connectivity index (χ0) is 21.6. The molecule has 0 saturated carbocycles. The maximum absolute atomic E-state index is 14.3. The molecule has 0 spiro atoms. The van der Waals surface area contributed by atoms with Crippen LogP contribution in [0.25, 0.3) is 33.3 Å². The fraction of sp³-hybridized carbons (Fsp3) is 0.304. The number of benzene rings is 2. The zero-order valence-electron chi connectivity index (χ0n) is 17.6. The van der Waals surface area contributed by atoms with E-state index in [2.05, 4.69) is 47.5 Å². The van der Waals surface area contributed by atoms with E-state index < -0.39 is 11.4 Å². The lowest BCUT2D eigenvalue weighted by Crippen LogP contribution is -2.36. The van der Waals surface area contributed by atoms with Gasteiger partial charge in [0.25, 0.3) is 5.56 Å². The average molecular weight is 407 g/mol. The molecule has 156 valence electrons. The van der Waals surface area contributed by atoms with Gasteiger partial charge in [0.2, 0.25) is 0 Å². The number of halogens is 1. The van der Waals surface area contributed by atoms with Crippen LogP contribution in [0, 0.1) is 5.82 Å². The maximum atomic E-state index is 14.3. The Kier molecular flexibility index (Phi) is 5.07. The fourth-order valence-corrected chi connectivity index (χ4v) is 4.02. The van der Waals surface area contributed by atoms with Crippen LogP contribution in [-0.2, 0) is 6.54 Å². The molecule has 2 aromatic carbocycles. The number of fused-ring (bicyclic) bond motifs is 2. The highest BCUT2D eigenvalue weighted by atomic mass is 19.1. The van der Waals surface area contributed by atoms with Crippen LogP contribution in [0.5, 0.6) is 0 Å². The van der Waals surface area contributed by atoms with E-state index in [-0.39, 0.29) is 16.6 Å². The number of nitrogens with one attached hydrogen (secondary N) is 2. The molecule has 2 heterocycles. The van der Waals surface area contributed by atoms with Crippen LogP contribution in [0.4, 0.5) is 10.1 Å². The van der Waals surface area contributed by atoms with Crippen molar-refractivity contribution in [2.24, 2.45) is 0 Å². The number of anilines is 1. The van der Waals surface area contributed by atoms with E-state index in [0.717, 1.165) is 23.1 Å². The van der Waals surface area contributed by atoms with Crippen molar-refractivity contribution in [3.05, 3.63) is 58.1 Å². The molecule has 0 aliphatic rings. The molecule has 4 rings (SSSR count). The largest absolute Gasteiger partial charge is 0.397 e. The summed E-state index contributed by atoms with van der Waals surface area (Å²) in [5.41, 5.74) is 9.07. The minimum absolute atomic E-state index is 0.0805. The van der Waals surface area contributed by atoms with Crippen molar-refractivity contribution < 1.29 is 4.39 Å². The molecule has 4 aromatic rings. The summed E-state index contributed by atoms with van der Waals surface area (Å²) >= 11 is 0. The van der Waals surface area contributed by atoms with Crippen LogP contribution in [-0.4, -0.2) is 31.9 Å². The zero-order valence-corrected chi connectivity index (χ0v) is 17.6. The number of H-pyrrole nitrogens is 2. The van der Waals surface area contributed by atoms with Crippen LogP contribution < -0.4 is 11.3 Å². The molecule has 0 unspecified atom stereocenters. The monoisotopic (exact) mass is 407 g/mol. The second-order valence-electron chi connectivity index (χ2n) is 8.20. The minimum atomic E-state index is -0.483. The second-order valence-corrected chi connectivity index (χ2v) is 8.20. The Balaban J connectivity index is 1.80. The Labute approximate surface area is 173 Å². The quantitative estimate of drug-likeness (QED) is 0.457. The fourth-order valence-electron chi connectivity index (χ4n) is 4.02. The lowest BCUT2D eigenvalue weighted by Gasteiger charge is -2.30. The predicted molar refractivity (Wildman–Crippen MR) is 120 cm³/mol. The van der Waals surface area contributed by atoms with E-state index in [1.54, 1.807) is 6.07 Å². The van der Waals surface area contributed by atoms with Gasteiger partial charge in [-0.15, -0.1) is 0 Å². The number of rotatable bonds is 5. The topological polar surface area (TPSA) is 90.8 Å². The molecule has 6 nitrogen and oxygen atoms in total. The molecule has 7 heteroatoms. The molecule has 0 fully saturated rings. The average Bonchev–Trinajstić information content (AvgIpc) is 3.08. The van der Waals surface area contributed by atoms with Gasteiger partial charge in [0.15, 0.2) is 0 Å². The Morgan fingerprint density at radius 2 is 1.80 bits per heavy atom. The van der Waals surface area contributed by atoms with Gasteiger partial charge in [-0.25, -0.2) is 9.37 Å². The molecular formula is C23H26FN5O. The molecule has 0 saturated heterocycles. The third-order valence-electron chi connectivity index (χ3n) is 5.50. The molecule has 0 atom stereocenters. The molecule has 0 aliphatic carbocycles. The number of aromatic nitrogens is 3. The molecule has 0 radical (unpaired) electrons. The van der Waals surface area contributed by atoms with Crippen molar-refractivity contribution in [3.63, 3.8) is 0 Å². The first-order chi connectivity index (χ1) is 14.3. The van der Waals surface area contributed by atoms with Gasteiger partial charge < -0.3 is 15.7 Å². The van der Waals surface area contributed by atoms with Gasteiger partial charge >= 0.3 is 0 Å². The van der Waals surface area contributed by atoms with Gasteiger partial charge in [-0.2, -0.15) is 0 Å². The Hall–Kier alpha value is -3.19. The molecule has 30 heavy (non-hydrogen) atoms. The first-order valence-corrected chi connectivity index (χ1v) is 10.1. The molecule has 0 amide bonds. The number of hydrogen-bond acceptors (Lipinski definition) is 4. The molecule has 4 N–H and O–H groups in total. The Bertz CT molecular complexity index is 1280. The van der Waals surface area contributed by atoms with Crippen LogP contribution in [0.1, 0.15) is 33.3 Å². The summed E-state index contributed by atoms with van der Waals surface area (Å²) < 4.78 is 14.3. The summed E-state index contributed by atoms with van der Waals surface area (Å²) in [4.78, 5) is 25.5. The second kappa shape index (κ2) is 7.57. The predicted octanol–water partition coefficient (Wildman–Crippen LogP) is 4.41. The standard InChI is InChI=1S/C23H26FN5O/c1-12(2)29(13(3)4)11-14-8-9-16-18(10-14)27-22(26-16)20-21(25)19-15(24)6-5-7-17(19)28-23(20)30/h5-10,12-13H,11H2,1-4H3,(H,26,27)(H3,25,28,30). The van der Waals surface area contributed by atoms with E-state index in [0.29, 0.717) is 23.4 Å². The number of nitrogens with zero attached hydrogens (tertiary/aromatic N) is 2. The highest BCUT2D eigenvalue weighted by molar-refractivity contribution is 5.98. The smallest absolute Gasteiger partial charge is 0.261 e. The van der Waals surface area contributed by atoms with Crippen LogP contribution in [0.15, 0.2) is 41.2 Å². The number of nitrogens with two attached hydrogens (primary N) is 1. The lowest BCUT2D eigenvalue weighted by molar-refractivity contribution is 0.166. The minimum Gasteiger partial charge on any atom is -0.397 e. The van der Waals surface area contributed by atoms with Crippen molar-refractivity contribution in [3.8, 4) is 11.4 Å². The lowest BCUT2D eigenvalue weighted by atomic mass is 10.1. The van der Waals surface area contributed by atoms with Crippen LogP contribution >= 0.6 is 0 Å². The highest BCUT2D eigenvalue weighted by Gasteiger charge is 2.19. The molecule has 0 aliphatic heterocycles. The van der Waals surface area contributed by atoms with Crippen LogP contribution in [0.2, 0.25) is 0 Å². The number of aromatic amines is 2. The molecular weight excluding hydrogens is 381 g/mol. The molecule has 0 bridgehead atoms. The summed E-state index contributed by atoms with van der Waals surface area (Å²) in [6, 6.07) is 11.3. The van der Waals surface area contributed by atoms with Crippen molar-refractivity contribution in [2.75, 3.05) is 5.73 Å². The Morgan fingerprint density at radius 1 is 1.07 bits per heavy atom. The SMILES string of the molecule is CC(C)N(Cc1ccc2nc(-c3c(N)c4c(F)cccc4[nH]c3=O)[nH]c2c1)C(C)C. The first-order valence-electron chi connectivity index (χ1n) is 10.1. The van der Waals surface area contributed by atoms with Gasteiger partial charge in [-0.1, -0.05) is 12.1 Å². The summed E-state index contributed by atoms with van der Waals surface area (Å²) in [7, 11) is 0. The normalized spacial score (nSPS) is 12.1. The van der Waals surface area contributed by atoms with Gasteiger partial charge in [-0.3, -0.25) is 9.69 Å². The summed E-state index contributed by atoms with van der Waals surface area (Å²) in [6.45, 7) is 9.53. The summed E-state index contributed by atoms with van der Waals surface area (Å²) in [6.07, 6.45) is 0. The summed E-state index contributed by atoms with van der Waals surface area (Å²) in [5.74, 6) is -0.154. The van der Waals surface area contributed by atoms with E-state index >= 15 is 0 Å². The van der Waals surface area contributed by atoms with E-state index in [1.807, 2.05) is 18.2 Å². The number of imidazole rings is 1.